The smallest absolute Gasteiger partial charge is 0.307 e. The maximum absolute atomic E-state index is 15.0. The van der Waals surface area contributed by atoms with Crippen molar-refractivity contribution in [3.05, 3.63) is 47.6 Å². The number of esters is 1. The molecular formula is C24H25F2N5O2. The number of ether oxygens (including phenoxy) is 1. The number of nitrogens with zero attached hydrogens (tertiary/aromatic N) is 3. The molecule has 0 aliphatic heterocycles. The van der Waals surface area contributed by atoms with Gasteiger partial charge in [-0.3, -0.25) is 4.79 Å². The van der Waals surface area contributed by atoms with Gasteiger partial charge in [0.05, 0.1) is 31.5 Å². The number of anilines is 1. The highest BCUT2D eigenvalue weighted by Gasteiger charge is 2.39. The number of carbonyl (C=O) groups is 1. The highest BCUT2D eigenvalue weighted by Crippen LogP contribution is 2.43. The third-order valence-electron chi connectivity index (χ3n) is 6.40. The first-order valence-corrected chi connectivity index (χ1v) is 11.0. The number of hydrogen-bond acceptors (Lipinski definition) is 5. The Hall–Kier alpha value is -3.54. The molecule has 1 aliphatic carbocycles. The first-order chi connectivity index (χ1) is 15.8. The topological polar surface area (TPSA) is 84.3 Å². The Morgan fingerprint density at radius 3 is 2.82 bits per heavy atom. The van der Waals surface area contributed by atoms with E-state index in [0.717, 1.165) is 37.9 Å². The van der Waals surface area contributed by atoms with Crippen LogP contribution in [-0.4, -0.2) is 33.6 Å². The van der Waals surface area contributed by atoms with Crippen molar-refractivity contribution < 1.29 is 18.3 Å². The molecular weight excluding hydrogens is 428 g/mol. The van der Waals surface area contributed by atoms with Crippen molar-refractivity contribution in [1.82, 2.24) is 15.0 Å². The van der Waals surface area contributed by atoms with Crippen LogP contribution in [0.4, 0.5) is 20.3 Å². The van der Waals surface area contributed by atoms with Crippen LogP contribution in [0.1, 0.15) is 46.0 Å². The first-order valence-electron chi connectivity index (χ1n) is 11.0. The van der Waals surface area contributed by atoms with Gasteiger partial charge in [-0.2, -0.15) is 0 Å². The van der Waals surface area contributed by atoms with E-state index in [-0.39, 0.29) is 41.6 Å². The Labute approximate surface area is 190 Å². The van der Waals surface area contributed by atoms with Crippen molar-refractivity contribution in [2.24, 2.45) is 5.41 Å². The van der Waals surface area contributed by atoms with Crippen molar-refractivity contribution in [2.45, 2.75) is 52.0 Å². The van der Waals surface area contributed by atoms with Crippen molar-refractivity contribution in [1.29, 1.82) is 0 Å². The standard InChI is InChI=1S/C24H25F2N5O2/c1-4-33-20(32)11-19(24(2)7-5-6-8-24)30-23-17(26)10-18(27-3)21(31-23)16-13-29-22-15(16)9-14(25)12-28-22/h9-10,12-13,19H,4-8,11H2,1-2H3,(H,28,29)(H,30,31). The van der Waals surface area contributed by atoms with Gasteiger partial charge < -0.3 is 15.0 Å². The van der Waals surface area contributed by atoms with Crippen molar-refractivity contribution in [2.75, 3.05) is 11.9 Å². The molecule has 0 amide bonds. The van der Waals surface area contributed by atoms with Gasteiger partial charge in [0.1, 0.15) is 11.5 Å². The summed E-state index contributed by atoms with van der Waals surface area (Å²) in [6, 6.07) is 2.01. The first kappa shape index (κ1) is 22.6. The minimum Gasteiger partial charge on any atom is -0.466 e. The Kier molecular flexibility index (Phi) is 6.27. The molecule has 1 unspecified atom stereocenters. The van der Waals surface area contributed by atoms with Gasteiger partial charge in [-0.05, 0) is 37.3 Å². The number of carbonyl (C=O) groups excluding carboxylic acids is 1. The number of fused-ring (bicyclic) bond motifs is 1. The molecule has 0 saturated heterocycles. The SMILES string of the molecule is [C-]#[N+]c1cc(F)c(NC(CC(=O)OCC)C2(C)CCCC2)nc1-c1c[nH]c2ncc(F)cc12. The van der Waals surface area contributed by atoms with Crippen LogP contribution in [0, 0.1) is 23.6 Å². The summed E-state index contributed by atoms with van der Waals surface area (Å²) in [5, 5.41) is 3.58. The fourth-order valence-electron chi connectivity index (χ4n) is 4.59. The van der Waals surface area contributed by atoms with Gasteiger partial charge in [0.15, 0.2) is 11.6 Å². The van der Waals surface area contributed by atoms with E-state index < -0.39 is 17.7 Å². The molecule has 3 aromatic heterocycles. The number of aromatic nitrogens is 3. The number of pyridine rings is 2. The molecule has 1 saturated carbocycles. The molecule has 9 heteroatoms. The number of nitrogens with one attached hydrogen (secondary N) is 2. The van der Waals surface area contributed by atoms with E-state index in [1.54, 1.807) is 13.1 Å². The van der Waals surface area contributed by atoms with Crippen molar-refractivity contribution >= 4 is 28.5 Å². The molecule has 7 nitrogen and oxygen atoms in total. The van der Waals surface area contributed by atoms with Crippen LogP contribution in [0.15, 0.2) is 24.5 Å². The predicted octanol–water partition coefficient (Wildman–Crippen LogP) is 5.77. The van der Waals surface area contributed by atoms with Gasteiger partial charge in [0.25, 0.3) is 0 Å². The van der Waals surface area contributed by atoms with E-state index in [4.69, 9.17) is 11.3 Å². The van der Waals surface area contributed by atoms with Gasteiger partial charge in [-0.1, -0.05) is 19.8 Å². The zero-order valence-electron chi connectivity index (χ0n) is 18.5. The molecule has 1 aliphatic rings. The normalized spacial score (nSPS) is 15.8. The molecule has 2 N–H and O–H groups in total. The van der Waals surface area contributed by atoms with E-state index in [9.17, 15) is 9.18 Å². The summed E-state index contributed by atoms with van der Waals surface area (Å²) in [5.41, 5.74) is 0.853. The lowest BCUT2D eigenvalue weighted by Crippen LogP contribution is -2.39. The average molecular weight is 453 g/mol. The van der Waals surface area contributed by atoms with Crippen molar-refractivity contribution in [3.63, 3.8) is 0 Å². The summed E-state index contributed by atoms with van der Waals surface area (Å²) < 4.78 is 34.0. The zero-order valence-corrected chi connectivity index (χ0v) is 18.5. The summed E-state index contributed by atoms with van der Waals surface area (Å²) in [7, 11) is 0. The van der Waals surface area contributed by atoms with E-state index in [1.807, 2.05) is 0 Å². The summed E-state index contributed by atoms with van der Waals surface area (Å²) in [6.07, 6.45) is 6.59. The fraction of sp³-hybridized carbons (Fsp3) is 0.417. The van der Waals surface area contributed by atoms with E-state index in [0.29, 0.717) is 16.6 Å². The maximum Gasteiger partial charge on any atom is 0.307 e. The Balaban J connectivity index is 1.76. The molecule has 3 heterocycles. The van der Waals surface area contributed by atoms with Gasteiger partial charge in [-0.25, -0.2) is 23.6 Å². The van der Waals surface area contributed by atoms with E-state index >= 15 is 4.39 Å². The summed E-state index contributed by atoms with van der Waals surface area (Å²) in [5.74, 6) is -1.64. The van der Waals surface area contributed by atoms with Crippen LogP contribution >= 0.6 is 0 Å². The number of hydrogen-bond donors (Lipinski definition) is 2. The Morgan fingerprint density at radius 2 is 2.12 bits per heavy atom. The molecule has 0 spiro atoms. The van der Waals surface area contributed by atoms with E-state index in [1.165, 1.54) is 6.07 Å². The minimum atomic E-state index is -0.690. The average Bonchev–Trinajstić information content (AvgIpc) is 3.41. The van der Waals surface area contributed by atoms with Crippen LogP contribution in [-0.2, 0) is 9.53 Å². The van der Waals surface area contributed by atoms with Crippen LogP contribution < -0.4 is 5.32 Å². The lowest BCUT2D eigenvalue weighted by Gasteiger charge is -2.34. The molecule has 33 heavy (non-hydrogen) atoms. The fourth-order valence-corrected chi connectivity index (χ4v) is 4.59. The summed E-state index contributed by atoms with van der Waals surface area (Å²) in [6.45, 7) is 11.6. The number of H-pyrrole nitrogens is 1. The van der Waals surface area contributed by atoms with Crippen LogP contribution in [0.2, 0.25) is 0 Å². The molecule has 0 bridgehead atoms. The molecule has 0 radical (unpaired) electrons. The number of aromatic amines is 1. The Morgan fingerprint density at radius 1 is 1.36 bits per heavy atom. The van der Waals surface area contributed by atoms with Crippen LogP contribution in [0.25, 0.3) is 27.1 Å². The van der Waals surface area contributed by atoms with Gasteiger partial charge in [0.2, 0.25) is 5.69 Å². The molecule has 1 atom stereocenters. The summed E-state index contributed by atoms with van der Waals surface area (Å²) >= 11 is 0. The highest BCUT2D eigenvalue weighted by atomic mass is 19.1. The lowest BCUT2D eigenvalue weighted by atomic mass is 9.79. The quantitative estimate of drug-likeness (QED) is 0.351. The number of rotatable bonds is 7. The summed E-state index contributed by atoms with van der Waals surface area (Å²) in [4.78, 5) is 27.1. The minimum absolute atomic E-state index is 0.00256. The van der Waals surface area contributed by atoms with Crippen molar-refractivity contribution in [3.8, 4) is 11.3 Å². The predicted molar refractivity (Wildman–Crippen MR) is 121 cm³/mol. The van der Waals surface area contributed by atoms with Gasteiger partial charge >= 0.3 is 5.97 Å². The largest absolute Gasteiger partial charge is 0.466 e. The third-order valence-corrected chi connectivity index (χ3v) is 6.40. The molecule has 3 aromatic rings. The maximum atomic E-state index is 15.0. The van der Waals surface area contributed by atoms with E-state index in [2.05, 4.69) is 32.0 Å². The molecule has 1 fully saturated rings. The molecule has 172 valence electrons. The van der Waals surface area contributed by atoms with Gasteiger partial charge in [0, 0.05) is 23.2 Å². The second-order valence-corrected chi connectivity index (χ2v) is 8.62. The second-order valence-electron chi connectivity index (χ2n) is 8.62. The zero-order chi connectivity index (χ0) is 23.6. The highest BCUT2D eigenvalue weighted by molar-refractivity contribution is 5.96. The second kappa shape index (κ2) is 9.14. The Bertz CT molecular complexity index is 1230. The monoisotopic (exact) mass is 453 g/mol. The van der Waals surface area contributed by atoms with Crippen LogP contribution in [0.5, 0.6) is 0 Å². The third kappa shape index (κ3) is 4.51. The lowest BCUT2D eigenvalue weighted by molar-refractivity contribution is -0.144. The molecule has 0 aromatic carbocycles. The van der Waals surface area contributed by atoms with Gasteiger partial charge in [-0.15, -0.1) is 0 Å². The molecule has 4 rings (SSSR count). The van der Waals surface area contributed by atoms with Crippen LogP contribution in [0.3, 0.4) is 0 Å². The number of halogens is 2.